The topological polar surface area (TPSA) is 151 Å². The number of H-pyrrole nitrogens is 2. The van der Waals surface area contributed by atoms with Crippen LogP contribution in [0.3, 0.4) is 0 Å². The highest BCUT2D eigenvalue weighted by Crippen LogP contribution is 2.40. The second-order valence-electron chi connectivity index (χ2n) is 15.0. The Bertz CT molecular complexity index is 2930. The molecule has 2 N–H and O–H groups in total. The molecule has 3 aliphatic rings. The lowest BCUT2D eigenvalue weighted by Crippen LogP contribution is -2.16. The Hall–Kier alpha value is -7.29. The second-order valence-corrected chi connectivity index (χ2v) is 15.0. The number of pyridine rings is 3. The summed E-state index contributed by atoms with van der Waals surface area (Å²) in [4.78, 5) is 31.4. The van der Waals surface area contributed by atoms with Crippen LogP contribution < -0.4 is 9.47 Å². The molecule has 13 heteroatoms. The summed E-state index contributed by atoms with van der Waals surface area (Å²) in [5.41, 5.74) is 14.1. The minimum Gasteiger partial charge on any atom is -0.487 e. The van der Waals surface area contributed by atoms with E-state index >= 15 is 0 Å². The molecule has 0 atom stereocenters. The first-order valence-electron chi connectivity index (χ1n) is 21.4. The molecule has 9 heterocycles. The molecule has 3 aliphatic heterocycles. The highest BCUT2D eigenvalue weighted by atomic mass is 16.6. The van der Waals surface area contributed by atoms with Crippen molar-refractivity contribution in [2.24, 2.45) is 0 Å². The molecule has 0 saturated heterocycles. The second kappa shape index (κ2) is 19.4. The van der Waals surface area contributed by atoms with Crippen LogP contribution in [0.5, 0.6) is 11.5 Å². The van der Waals surface area contributed by atoms with Gasteiger partial charge in [0, 0.05) is 81.5 Å². The van der Waals surface area contributed by atoms with Crippen molar-refractivity contribution in [2.75, 3.05) is 66.1 Å². The lowest BCUT2D eigenvalue weighted by molar-refractivity contribution is -0.00841. The number of aromatic amines is 2. The Morgan fingerprint density at radius 2 is 0.656 bits per heavy atom. The Morgan fingerprint density at radius 3 is 1.03 bits per heavy atom. The van der Waals surface area contributed by atoms with Gasteiger partial charge in [0.05, 0.1) is 75.6 Å². The summed E-state index contributed by atoms with van der Waals surface area (Å²) in [5.74, 6) is 1.16. The van der Waals surface area contributed by atoms with Crippen LogP contribution in [0.15, 0.2) is 116 Å². The first kappa shape index (κ1) is 40.8. The molecule has 0 amide bonds. The zero-order chi connectivity index (χ0) is 42.9. The lowest BCUT2D eigenvalue weighted by atomic mass is 10.0. The van der Waals surface area contributed by atoms with Gasteiger partial charge in [-0.15, -0.1) is 0 Å². The summed E-state index contributed by atoms with van der Waals surface area (Å²) >= 11 is 0. The van der Waals surface area contributed by atoms with E-state index in [1.807, 2.05) is 54.6 Å². The van der Waals surface area contributed by atoms with Crippen molar-refractivity contribution < 1.29 is 28.4 Å². The van der Waals surface area contributed by atoms with Gasteiger partial charge < -0.3 is 38.4 Å². The Morgan fingerprint density at radius 1 is 0.328 bits per heavy atom. The van der Waals surface area contributed by atoms with E-state index in [4.69, 9.17) is 38.4 Å². The number of aromatic nitrogens is 7. The Kier molecular flexibility index (Phi) is 12.4. The molecule has 0 fully saturated rings. The molecule has 10 rings (SSSR count). The standard InChI is InChI=1S/C51H45N7O6/c1-10-46-47(64-32-30-62-28-26-60-24-23-59-25-27-61-29-31-63-46)33-37(1)51-44-8-6-42(57-44)49(35-13-19-53-20-14-35)40-4-2-38(55-40)48(34-11-17-52-18-12-34)39-3-5-41(56-39)50(36-15-21-54-22-16-36)43-7-9-45(51)58-43/h1-22,33,55,58H,23-32H2. The zero-order valence-electron chi connectivity index (χ0n) is 35.0. The first-order valence-corrected chi connectivity index (χ1v) is 21.4. The fourth-order valence-electron chi connectivity index (χ4n) is 8.05. The van der Waals surface area contributed by atoms with Crippen molar-refractivity contribution in [1.82, 2.24) is 34.9 Å². The first-order chi connectivity index (χ1) is 31.8. The number of hydrogen-bond acceptors (Lipinski definition) is 11. The van der Waals surface area contributed by atoms with Crippen LogP contribution in [0, 0.1) is 0 Å². The fraction of sp³-hybridized carbons (Fsp3) is 0.196. The number of ether oxygens (including phenoxy) is 6. The third-order valence-corrected chi connectivity index (χ3v) is 11.0. The third kappa shape index (κ3) is 8.96. The summed E-state index contributed by atoms with van der Waals surface area (Å²) in [7, 11) is 0. The molecule has 0 radical (unpaired) electrons. The summed E-state index contributed by atoms with van der Waals surface area (Å²) < 4.78 is 35.5. The van der Waals surface area contributed by atoms with Crippen LogP contribution in [0.1, 0.15) is 22.8 Å². The molecule has 6 aromatic heterocycles. The van der Waals surface area contributed by atoms with E-state index in [0.717, 1.165) is 89.4 Å². The number of rotatable bonds is 4. The van der Waals surface area contributed by atoms with Gasteiger partial charge in [-0.1, -0.05) is 6.07 Å². The molecule has 0 aliphatic carbocycles. The number of hydrogen-bond donors (Lipinski definition) is 2. The van der Waals surface area contributed by atoms with Gasteiger partial charge in [0.1, 0.15) is 13.2 Å². The quantitative estimate of drug-likeness (QED) is 0.174. The van der Waals surface area contributed by atoms with Crippen LogP contribution in [-0.2, 0) is 18.9 Å². The van der Waals surface area contributed by atoms with Crippen molar-refractivity contribution >= 4 is 46.4 Å². The van der Waals surface area contributed by atoms with E-state index < -0.39 is 0 Å². The molecule has 8 bridgehead atoms. The van der Waals surface area contributed by atoms with E-state index in [1.54, 1.807) is 37.2 Å². The molecular formula is C51H45N7O6. The van der Waals surface area contributed by atoms with Crippen LogP contribution in [0.25, 0.3) is 90.9 Å². The normalized spacial score (nSPS) is 15.1. The molecule has 0 unspecified atom stereocenters. The van der Waals surface area contributed by atoms with E-state index in [-0.39, 0.29) is 0 Å². The van der Waals surface area contributed by atoms with E-state index in [0.29, 0.717) is 77.6 Å². The van der Waals surface area contributed by atoms with Crippen molar-refractivity contribution in [1.29, 1.82) is 0 Å². The van der Waals surface area contributed by atoms with E-state index in [9.17, 15) is 0 Å². The number of fused-ring (bicyclic) bond motifs is 9. The van der Waals surface area contributed by atoms with Gasteiger partial charge in [-0.05, 0) is 119 Å². The van der Waals surface area contributed by atoms with Crippen molar-refractivity contribution in [3.05, 3.63) is 139 Å². The van der Waals surface area contributed by atoms with Gasteiger partial charge in [-0.2, -0.15) is 0 Å². The molecule has 320 valence electrons. The maximum absolute atomic E-state index is 6.42. The van der Waals surface area contributed by atoms with Crippen LogP contribution >= 0.6 is 0 Å². The highest BCUT2D eigenvalue weighted by Gasteiger charge is 2.20. The highest BCUT2D eigenvalue weighted by molar-refractivity contribution is 5.99. The summed E-state index contributed by atoms with van der Waals surface area (Å²) in [6.45, 7) is 4.26. The Balaban J connectivity index is 1.20. The number of nitrogens with one attached hydrogen (secondary N) is 2. The van der Waals surface area contributed by atoms with Crippen LogP contribution in [0.2, 0.25) is 0 Å². The maximum Gasteiger partial charge on any atom is 0.161 e. The van der Waals surface area contributed by atoms with E-state index in [2.05, 4.69) is 73.5 Å². The molecule has 0 spiro atoms. The van der Waals surface area contributed by atoms with Gasteiger partial charge in [-0.25, -0.2) is 9.97 Å². The maximum atomic E-state index is 6.42. The molecule has 1 aromatic carbocycles. The monoisotopic (exact) mass is 851 g/mol. The third-order valence-electron chi connectivity index (χ3n) is 11.0. The van der Waals surface area contributed by atoms with Gasteiger partial charge >= 0.3 is 0 Å². The average molecular weight is 852 g/mol. The van der Waals surface area contributed by atoms with E-state index in [1.165, 1.54) is 0 Å². The Labute approximate surface area is 369 Å². The summed E-state index contributed by atoms with van der Waals surface area (Å²) in [6.07, 6.45) is 19.1. The van der Waals surface area contributed by atoms with Crippen molar-refractivity contribution in [3.8, 4) is 56.0 Å². The molecule has 64 heavy (non-hydrogen) atoms. The van der Waals surface area contributed by atoms with Crippen LogP contribution in [0.4, 0.5) is 0 Å². The van der Waals surface area contributed by atoms with Gasteiger partial charge in [0.25, 0.3) is 0 Å². The molecule has 13 nitrogen and oxygen atoms in total. The molecule has 0 saturated carbocycles. The fourth-order valence-corrected chi connectivity index (χ4v) is 8.05. The summed E-state index contributed by atoms with van der Waals surface area (Å²) in [6, 6.07) is 26.4. The van der Waals surface area contributed by atoms with Crippen molar-refractivity contribution in [2.45, 2.75) is 0 Å². The van der Waals surface area contributed by atoms with Gasteiger partial charge in [0.15, 0.2) is 11.5 Å². The lowest BCUT2D eigenvalue weighted by Gasteiger charge is -2.15. The predicted molar refractivity (Wildman–Crippen MR) is 248 cm³/mol. The number of benzene rings is 1. The SMILES string of the molecule is C1=Cc2nc1c(-c1ccncc1)c1ccc([nH]1)c(-c1ccncc1)c1nc(c(-c3ccc4c(c3)OCCOCCOCCOCCOCCO4)c3ccc([nH]3)c2-c2ccncc2)C=C1. The number of nitrogens with zero attached hydrogens (tertiary/aromatic N) is 5. The van der Waals surface area contributed by atoms with Crippen LogP contribution in [-0.4, -0.2) is 101 Å². The predicted octanol–water partition coefficient (Wildman–Crippen LogP) is 9.35. The molecule has 7 aromatic rings. The van der Waals surface area contributed by atoms with Gasteiger partial charge in [0.2, 0.25) is 0 Å². The summed E-state index contributed by atoms with van der Waals surface area (Å²) in [5, 5.41) is 0. The van der Waals surface area contributed by atoms with Crippen molar-refractivity contribution in [3.63, 3.8) is 0 Å². The van der Waals surface area contributed by atoms with Gasteiger partial charge in [-0.3, -0.25) is 15.0 Å². The minimum absolute atomic E-state index is 0.307. The minimum atomic E-state index is 0.307. The zero-order valence-corrected chi connectivity index (χ0v) is 35.0. The molecular weight excluding hydrogens is 807 g/mol. The smallest absolute Gasteiger partial charge is 0.161 e. The average Bonchev–Trinajstić information content (AvgIpc) is 4.19. The largest absolute Gasteiger partial charge is 0.487 e.